The van der Waals surface area contributed by atoms with Crippen molar-refractivity contribution >= 4 is 24.2 Å². The van der Waals surface area contributed by atoms with Crippen LogP contribution in [0.3, 0.4) is 0 Å². The molecule has 0 bridgehead atoms. The molecule has 5 heteroatoms. The molecule has 0 radical (unpaired) electrons. The first kappa shape index (κ1) is 18.6. The summed E-state index contributed by atoms with van der Waals surface area (Å²) in [5, 5.41) is 1.44. The van der Waals surface area contributed by atoms with Gasteiger partial charge in [-0.2, -0.15) is 0 Å². The minimum atomic E-state index is -1.56. The summed E-state index contributed by atoms with van der Waals surface area (Å²) in [4.78, 5) is 5.13. The van der Waals surface area contributed by atoms with Crippen molar-refractivity contribution in [1.82, 2.24) is 9.80 Å². The molecular formula is C15H33BrN2OSi. The highest BCUT2D eigenvalue weighted by molar-refractivity contribution is 9.09. The predicted octanol–water partition coefficient (Wildman–Crippen LogP) is 3.41. The lowest BCUT2D eigenvalue weighted by atomic mass is 10.2. The summed E-state index contributed by atoms with van der Waals surface area (Å²) in [6, 6.07) is 0. The fourth-order valence-electron chi connectivity index (χ4n) is 2.17. The zero-order valence-electron chi connectivity index (χ0n) is 14.0. The van der Waals surface area contributed by atoms with Crippen LogP contribution in [0.2, 0.25) is 18.1 Å². The highest BCUT2D eigenvalue weighted by atomic mass is 79.9. The van der Waals surface area contributed by atoms with Crippen LogP contribution in [-0.4, -0.2) is 69.3 Å². The Morgan fingerprint density at radius 1 is 1.00 bits per heavy atom. The second-order valence-electron chi connectivity index (χ2n) is 7.33. The van der Waals surface area contributed by atoms with E-state index in [2.05, 4.69) is 59.6 Å². The molecule has 1 heterocycles. The van der Waals surface area contributed by atoms with Crippen LogP contribution in [0.1, 0.15) is 27.2 Å². The molecule has 1 saturated heterocycles. The van der Waals surface area contributed by atoms with Crippen molar-refractivity contribution < 1.29 is 4.43 Å². The van der Waals surface area contributed by atoms with Gasteiger partial charge in [0, 0.05) is 44.7 Å². The van der Waals surface area contributed by atoms with Gasteiger partial charge >= 0.3 is 0 Å². The summed E-state index contributed by atoms with van der Waals surface area (Å²) in [5.41, 5.74) is 0. The van der Waals surface area contributed by atoms with Gasteiger partial charge in [-0.05, 0) is 31.1 Å². The summed E-state index contributed by atoms with van der Waals surface area (Å²) in [6.07, 6.45) is 1.26. The van der Waals surface area contributed by atoms with Crippen LogP contribution in [-0.2, 0) is 4.43 Å². The van der Waals surface area contributed by atoms with Gasteiger partial charge in [0.2, 0.25) is 0 Å². The lowest BCUT2D eigenvalue weighted by molar-refractivity contribution is 0.114. The second-order valence-corrected chi connectivity index (χ2v) is 12.9. The molecule has 1 aliphatic heterocycles. The lowest BCUT2D eigenvalue weighted by Gasteiger charge is -2.38. The number of alkyl halides is 1. The molecule has 0 spiro atoms. The highest BCUT2D eigenvalue weighted by Gasteiger charge is 2.37. The topological polar surface area (TPSA) is 15.7 Å². The molecule has 120 valence electrons. The summed E-state index contributed by atoms with van der Waals surface area (Å²) in [5.74, 6) is 0. The highest BCUT2D eigenvalue weighted by Crippen LogP contribution is 2.36. The summed E-state index contributed by atoms with van der Waals surface area (Å²) in [6.45, 7) is 19.7. The van der Waals surface area contributed by atoms with Crippen LogP contribution in [0.4, 0.5) is 0 Å². The molecule has 0 N–H and O–H groups in total. The zero-order valence-corrected chi connectivity index (χ0v) is 16.6. The van der Waals surface area contributed by atoms with E-state index in [4.69, 9.17) is 4.43 Å². The first-order chi connectivity index (χ1) is 9.26. The van der Waals surface area contributed by atoms with Gasteiger partial charge in [-0.25, -0.2) is 0 Å². The zero-order chi connectivity index (χ0) is 15.2. The van der Waals surface area contributed by atoms with Gasteiger partial charge in [-0.15, -0.1) is 0 Å². The van der Waals surface area contributed by atoms with Gasteiger partial charge in [-0.1, -0.05) is 36.7 Å². The molecule has 1 fully saturated rings. The number of hydrogen-bond acceptors (Lipinski definition) is 3. The van der Waals surface area contributed by atoms with E-state index in [-0.39, 0.29) is 0 Å². The molecule has 3 nitrogen and oxygen atoms in total. The monoisotopic (exact) mass is 364 g/mol. The standard InChI is InChI=1S/C15H33BrN2OSi/c1-15(2,3)20(4,5)19-14-13-18-11-9-17(10-12-18)8-6-7-16/h6-14H2,1-5H3. The number of nitrogens with zero attached hydrogens (tertiary/aromatic N) is 2. The third kappa shape index (κ3) is 6.14. The van der Waals surface area contributed by atoms with E-state index in [0.29, 0.717) is 5.04 Å². The maximum Gasteiger partial charge on any atom is 0.192 e. The molecule has 1 aliphatic rings. The minimum Gasteiger partial charge on any atom is -0.416 e. The third-order valence-corrected chi connectivity index (χ3v) is 9.85. The Kier molecular flexibility index (Phi) is 7.70. The van der Waals surface area contributed by atoms with Gasteiger partial charge in [0.25, 0.3) is 0 Å². The first-order valence-electron chi connectivity index (χ1n) is 7.91. The summed E-state index contributed by atoms with van der Waals surface area (Å²) >= 11 is 3.51. The van der Waals surface area contributed by atoms with E-state index < -0.39 is 8.32 Å². The van der Waals surface area contributed by atoms with Crippen LogP contribution in [0.5, 0.6) is 0 Å². The van der Waals surface area contributed by atoms with E-state index >= 15 is 0 Å². The fraction of sp³-hybridized carbons (Fsp3) is 1.00. The Balaban J connectivity index is 2.19. The molecule has 0 aromatic rings. The maximum absolute atomic E-state index is 6.27. The Labute approximate surface area is 135 Å². The first-order valence-corrected chi connectivity index (χ1v) is 11.9. The number of halogens is 1. The quantitative estimate of drug-likeness (QED) is 0.508. The lowest BCUT2D eigenvalue weighted by Crippen LogP contribution is -2.48. The van der Waals surface area contributed by atoms with Gasteiger partial charge in [0.15, 0.2) is 8.32 Å². The van der Waals surface area contributed by atoms with Crippen LogP contribution in [0.15, 0.2) is 0 Å². The molecule has 0 saturated carbocycles. The second kappa shape index (κ2) is 8.27. The third-order valence-electron chi connectivity index (χ3n) is 4.75. The van der Waals surface area contributed by atoms with Gasteiger partial charge < -0.3 is 9.33 Å². The van der Waals surface area contributed by atoms with Crippen LogP contribution < -0.4 is 0 Å². The summed E-state index contributed by atoms with van der Waals surface area (Å²) in [7, 11) is -1.56. The van der Waals surface area contributed by atoms with E-state index in [1.54, 1.807) is 0 Å². The molecular weight excluding hydrogens is 332 g/mol. The van der Waals surface area contributed by atoms with Crippen LogP contribution in [0.25, 0.3) is 0 Å². The summed E-state index contributed by atoms with van der Waals surface area (Å²) < 4.78 is 6.27. The van der Waals surface area contributed by atoms with Gasteiger partial charge in [0.05, 0.1) is 0 Å². The SMILES string of the molecule is CC(C)(C)[Si](C)(C)OCCN1CCN(CCCBr)CC1. The number of rotatable bonds is 7. The molecule has 20 heavy (non-hydrogen) atoms. The fourth-order valence-corrected chi connectivity index (χ4v) is 3.45. The molecule has 0 aromatic heterocycles. The average Bonchev–Trinajstić information content (AvgIpc) is 2.36. The van der Waals surface area contributed by atoms with Crippen molar-refractivity contribution in [2.24, 2.45) is 0 Å². The Hall–Kier alpha value is 0.577. The van der Waals surface area contributed by atoms with E-state index in [0.717, 1.165) is 18.5 Å². The molecule has 1 rings (SSSR count). The van der Waals surface area contributed by atoms with Crippen molar-refractivity contribution in [2.75, 3.05) is 51.2 Å². The Morgan fingerprint density at radius 2 is 1.50 bits per heavy atom. The molecule has 0 aliphatic carbocycles. The van der Waals surface area contributed by atoms with Crippen molar-refractivity contribution in [1.29, 1.82) is 0 Å². The molecule has 0 aromatic carbocycles. The van der Waals surface area contributed by atoms with Crippen molar-refractivity contribution in [3.8, 4) is 0 Å². The van der Waals surface area contributed by atoms with Gasteiger partial charge in [-0.3, -0.25) is 4.90 Å². The smallest absolute Gasteiger partial charge is 0.192 e. The van der Waals surface area contributed by atoms with Gasteiger partial charge in [0.1, 0.15) is 0 Å². The Morgan fingerprint density at radius 3 is 1.95 bits per heavy atom. The van der Waals surface area contributed by atoms with E-state index in [9.17, 15) is 0 Å². The number of piperazine rings is 1. The van der Waals surface area contributed by atoms with Crippen molar-refractivity contribution in [3.05, 3.63) is 0 Å². The average molecular weight is 365 g/mol. The molecule has 0 amide bonds. The molecule has 0 atom stereocenters. The Bertz CT molecular complexity index is 274. The number of hydrogen-bond donors (Lipinski definition) is 0. The predicted molar refractivity (Wildman–Crippen MR) is 94.4 cm³/mol. The largest absolute Gasteiger partial charge is 0.416 e. The van der Waals surface area contributed by atoms with Crippen molar-refractivity contribution in [3.63, 3.8) is 0 Å². The normalized spacial score (nSPS) is 19.5. The van der Waals surface area contributed by atoms with E-state index in [1.165, 1.54) is 39.1 Å². The molecule has 0 unspecified atom stereocenters. The minimum absolute atomic E-state index is 0.321. The van der Waals surface area contributed by atoms with Crippen LogP contribution >= 0.6 is 15.9 Å². The van der Waals surface area contributed by atoms with E-state index in [1.807, 2.05) is 0 Å². The van der Waals surface area contributed by atoms with Crippen LogP contribution in [0, 0.1) is 0 Å². The maximum atomic E-state index is 6.27. The van der Waals surface area contributed by atoms with Crippen molar-refractivity contribution in [2.45, 2.75) is 45.3 Å².